The molecule has 384 valence electrons. The molecule has 3 aromatic carbocycles. The minimum atomic E-state index is -4.38. The predicted molar refractivity (Wildman–Crippen MR) is 270 cm³/mol. The predicted octanol–water partition coefficient (Wildman–Crippen LogP) is 6.15. The van der Waals surface area contributed by atoms with Gasteiger partial charge in [-0.2, -0.15) is 12.7 Å². The van der Waals surface area contributed by atoms with E-state index in [1.807, 2.05) is 85.8 Å². The maximum Gasteiger partial charge on any atom is 0.301 e. The number of aromatic nitrogens is 3. The highest BCUT2D eigenvalue weighted by atomic mass is 32.2. The number of H-pyrrole nitrogens is 1. The number of carbonyl (C=O) groups is 4. The van der Waals surface area contributed by atoms with Crippen LogP contribution in [0.1, 0.15) is 66.4 Å². The lowest BCUT2D eigenvalue weighted by Crippen LogP contribution is -2.59. The Morgan fingerprint density at radius 3 is 2.32 bits per heavy atom. The number of β-amino-alcohol motifs (C(OH)–C–C–N with tert-alkyl or cyclic N) is 1. The van der Waals surface area contributed by atoms with Crippen molar-refractivity contribution in [2.45, 2.75) is 77.9 Å². The summed E-state index contributed by atoms with van der Waals surface area (Å²) in [5.41, 5.74) is 4.98. The SMILES string of the molecule is Cc1ncsc1-c1ccc(CNC(=O)[C@@H]2C[C@@H](O)CN2C(=O)[C@@H](NC(=O)CN2CC(Cc3ccc(-c4cnc5[nH]cc(C(=O)c6c(F)ccc(NS(=O)(=O)N7CC[C@@H](F)C7)c6F)c5c4)cc3)C2)C(C)(C)C)cc1. The summed E-state index contributed by atoms with van der Waals surface area (Å²) in [6, 6.07) is 17.0. The van der Waals surface area contributed by atoms with Gasteiger partial charge in [-0.1, -0.05) is 69.3 Å². The van der Waals surface area contributed by atoms with Crippen LogP contribution in [-0.2, 0) is 37.6 Å². The Balaban J connectivity index is 0.776. The highest BCUT2D eigenvalue weighted by molar-refractivity contribution is 7.90. The van der Waals surface area contributed by atoms with Crippen molar-refractivity contribution in [2.75, 3.05) is 44.0 Å². The van der Waals surface area contributed by atoms with E-state index >= 15 is 8.78 Å². The second-order valence-electron chi connectivity index (χ2n) is 20.2. The molecule has 3 aliphatic heterocycles. The molecule has 16 nitrogen and oxygen atoms in total. The van der Waals surface area contributed by atoms with Crippen molar-refractivity contribution in [2.24, 2.45) is 11.3 Å². The van der Waals surface area contributed by atoms with Gasteiger partial charge in [-0.15, -0.1) is 11.3 Å². The Morgan fingerprint density at radius 2 is 1.64 bits per heavy atom. The maximum atomic E-state index is 15.8. The Labute approximate surface area is 424 Å². The minimum Gasteiger partial charge on any atom is -0.391 e. The van der Waals surface area contributed by atoms with Gasteiger partial charge >= 0.3 is 10.2 Å². The number of hydrogen-bond donors (Lipinski definition) is 5. The highest BCUT2D eigenvalue weighted by Crippen LogP contribution is 2.33. The number of halogens is 3. The summed E-state index contributed by atoms with van der Waals surface area (Å²) in [5, 5.41) is 16.8. The molecule has 0 saturated carbocycles. The molecule has 6 aromatic rings. The molecule has 3 saturated heterocycles. The summed E-state index contributed by atoms with van der Waals surface area (Å²) < 4.78 is 73.2. The van der Waals surface area contributed by atoms with Crippen LogP contribution in [0.2, 0.25) is 0 Å². The number of nitrogens with zero attached hydrogens (tertiary/aromatic N) is 5. The standard InChI is InChI=1S/C52H56F3N9O7S2/c1-29-47(72-28-59-29)34-11-7-31(8-12-34)20-58-50(68)42-19-37(65)26-64(42)51(69)48(52(2,3)4)60-43(66)27-62-23-32(24-62)17-30-5-9-33(10-6-30)35-18-38-39(22-57-49(38)56-21-35)46(67)44-40(54)13-14-41(45(44)55)61-73(70,71)63-16-15-36(53)25-63/h5-14,18,21-22,28,32,36-37,42,48,61,65H,15-17,19-20,23-27H2,1-4H3,(H,56,57)(H,58,68)(H,60,66)/t36-,37-,42+,48-/m1/s1. The number of aliphatic hydroxyl groups is 1. The maximum absolute atomic E-state index is 15.8. The van der Waals surface area contributed by atoms with E-state index in [9.17, 15) is 37.1 Å². The van der Waals surface area contributed by atoms with Gasteiger partial charge in [-0.25, -0.2) is 23.1 Å². The highest BCUT2D eigenvalue weighted by Gasteiger charge is 2.45. The number of aliphatic hydroxyl groups excluding tert-OH is 1. The lowest BCUT2D eigenvalue weighted by atomic mass is 9.85. The quantitative estimate of drug-likeness (QED) is 0.0698. The Bertz CT molecular complexity index is 3180. The monoisotopic (exact) mass is 1040 g/mol. The molecule has 0 unspecified atom stereocenters. The topological polar surface area (TPSA) is 210 Å². The van der Waals surface area contributed by atoms with Crippen molar-refractivity contribution in [1.29, 1.82) is 0 Å². The third-order valence-electron chi connectivity index (χ3n) is 13.7. The van der Waals surface area contributed by atoms with Gasteiger partial charge in [-0.3, -0.25) is 28.8 Å². The fourth-order valence-electron chi connectivity index (χ4n) is 9.72. The first-order valence-corrected chi connectivity index (χ1v) is 26.3. The molecule has 21 heteroatoms. The van der Waals surface area contributed by atoms with E-state index < -0.39 is 81.1 Å². The van der Waals surface area contributed by atoms with Gasteiger partial charge in [-0.05, 0) is 71.6 Å². The van der Waals surface area contributed by atoms with E-state index in [0.717, 1.165) is 55.7 Å². The third kappa shape index (κ3) is 11.2. The number of carbonyl (C=O) groups excluding carboxylic acids is 4. The molecule has 3 fully saturated rings. The van der Waals surface area contributed by atoms with Gasteiger partial charge in [0, 0.05) is 74.6 Å². The minimum absolute atomic E-state index is 0.0134. The number of aromatic amines is 1. The Kier molecular flexibility index (Phi) is 14.6. The van der Waals surface area contributed by atoms with Gasteiger partial charge in [0.15, 0.2) is 5.82 Å². The van der Waals surface area contributed by atoms with E-state index in [0.29, 0.717) is 18.7 Å². The van der Waals surface area contributed by atoms with Gasteiger partial charge < -0.3 is 25.6 Å². The van der Waals surface area contributed by atoms with Crippen LogP contribution in [0.15, 0.2) is 84.6 Å². The van der Waals surface area contributed by atoms with Crippen LogP contribution in [0.5, 0.6) is 0 Å². The Morgan fingerprint density at radius 1 is 0.932 bits per heavy atom. The number of anilines is 1. The second-order valence-corrected chi connectivity index (χ2v) is 22.7. The first-order valence-electron chi connectivity index (χ1n) is 24.0. The fourth-order valence-corrected chi connectivity index (χ4v) is 11.8. The molecule has 0 aliphatic carbocycles. The number of hydrogen-bond acceptors (Lipinski definition) is 11. The number of alkyl halides is 1. The van der Waals surface area contributed by atoms with E-state index in [2.05, 4.69) is 25.6 Å². The lowest BCUT2D eigenvalue weighted by Gasteiger charge is -2.40. The van der Waals surface area contributed by atoms with Crippen molar-refractivity contribution < 1.29 is 45.9 Å². The van der Waals surface area contributed by atoms with Crippen molar-refractivity contribution in [3.63, 3.8) is 0 Å². The molecule has 9 rings (SSSR count). The molecule has 3 aromatic heterocycles. The molecule has 3 aliphatic rings. The number of ketones is 1. The molecule has 0 bridgehead atoms. The van der Waals surface area contributed by atoms with Crippen LogP contribution >= 0.6 is 11.3 Å². The largest absolute Gasteiger partial charge is 0.391 e. The average molecular weight is 1040 g/mol. The molecular formula is C52H56F3N9O7S2. The summed E-state index contributed by atoms with van der Waals surface area (Å²) in [6.45, 7) is 8.56. The second kappa shape index (κ2) is 20.8. The van der Waals surface area contributed by atoms with E-state index in [4.69, 9.17) is 0 Å². The van der Waals surface area contributed by atoms with Crippen LogP contribution < -0.4 is 15.4 Å². The van der Waals surface area contributed by atoms with Crippen LogP contribution in [0.25, 0.3) is 32.6 Å². The lowest BCUT2D eigenvalue weighted by molar-refractivity contribution is -0.144. The Hall–Kier alpha value is -6.52. The first kappa shape index (κ1) is 51.4. The van der Waals surface area contributed by atoms with Crippen molar-refractivity contribution in [3.8, 4) is 21.6 Å². The van der Waals surface area contributed by atoms with Gasteiger partial charge in [0.1, 0.15) is 29.7 Å². The summed E-state index contributed by atoms with van der Waals surface area (Å²) >= 11 is 1.56. The van der Waals surface area contributed by atoms with Crippen molar-refractivity contribution >= 4 is 61.8 Å². The number of thiazole rings is 1. The van der Waals surface area contributed by atoms with Crippen LogP contribution in [0.4, 0.5) is 18.9 Å². The summed E-state index contributed by atoms with van der Waals surface area (Å²) in [6.07, 6.45) is 1.43. The number of fused-ring (bicyclic) bond motifs is 1. The molecule has 0 spiro atoms. The fraction of sp³-hybridized carbons (Fsp3) is 0.385. The van der Waals surface area contributed by atoms with Crippen LogP contribution in [0.3, 0.4) is 0 Å². The summed E-state index contributed by atoms with van der Waals surface area (Å²) in [4.78, 5) is 71.0. The normalized spacial score (nSPS) is 19.2. The van der Waals surface area contributed by atoms with E-state index in [-0.39, 0.29) is 73.3 Å². The van der Waals surface area contributed by atoms with Gasteiger partial charge in [0.05, 0.1) is 40.0 Å². The average Bonchev–Trinajstić information content (AvgIpc) is 4.17. The number of amides is 3. The molecular weight excluding hydrogens is 984 g/mol. The smallest absolute Gasteiger partial charge is 0.301 e. The molecule has 6 heterocycles. The zero-order valence-electron chi connectivity index (χ0n) is 40.6. The number of pyridine rings is 1. The molecule has 73 heavy (non-hydrogen) atoms. The number of nitrogens with one attached hydrogen (secondary N) is 4. The number of benzene rings is 3. The molecule has 0 radical (unpaired) electrons. The summed E-state index contributed by atoms with van der Waals surface area (Å²) in [5.74, 6) is -4.52. The number of likely N-dealkylation sites (tertiary alicyclic amines) is 2. The van der Waals surface area contributed by atoms with Crippen LogP contribution in [0, 0.1) is 29.9 Å². The van der Waals surface area contributed by atoms with E-state index in [1.165, 1.54) is 11.1 Å². The summed E-state index contributed by atoms with van der Waals surface area (Å²) in [7, 11) is -4.38. The van der Waals surface area contributed by atoms with Crippen molar-refractivity contribution in [3.05, 3.63) is 124 Å². The van der Waals surface area contributed by atoms with E-state index in [1.54, 1.807) is 29.1 Å². The van der Waals surface area contributed by atoms with Crippen molar-refractivity contribution in [1.82, 2.24) is 39.7 Å². The van der Waals surface area contributed by atoms with Crippen LogP contribution in [-0.4, -0.2) is 130 Å². The number of aryl methyl sites for hydroxylation is 1. The zero-order chi connectivity index (χ0) is 51.9. The molecule has 3 amide bonds. The molecule has 4 atom stereocenters. The zero-order valence-corrected chi connectivity index (χ0v) is 42.3. The first-order chi connectivity index (χ1) is 34.7. The third-order valence-corrected chi connectivity index (χ3v) is 16.2. The van der Waals surface area contributed by atoms with Gasteiger partial charge in [0.2, 0.25) is 23.5 Å². The molecule has 5 N–H and O–H groups in total. The number of rotatable bonds is 16. The van der Waals surface area contributed by atoms with Gasteiger partial charge in [0.25, 0.3) is 0 Å².